The highest BCUT2D eigenvalue weighted by Gasteiger charge is 2.27. The van der Waals surface area contributed by atoms with E-state index in [1.54, 1.807) is 29.2 Å². The maximum Gasteiger partial charge on any atom is 0.339 e. The van der Waals surface area contributed by atoms with E-state index in [1.165, 1.54) is 6.07 Å². The topological polar surface area (TPSA) is 71.8 Å². The van der Waals surface area contributed by atoms with E-state index in [1.807, 2.05) is 17.5 Å². The molecule has 0 spiro atoms. The number of likely N-dealkylation sites (tertiary alicyclic amines) is 1. The summed E-state index contributed by atoms with van der Waals surface area (Å²) in [4.78, 5) is 26.3. The molecule has 0 aromatic carbocycles. The molecule has 2 aromatic rings. The summed E-state index contributed by atoms with van der Waals surface area (Å²) < 4.78 is 10.7. The van der Waals surface area contributed by atoms with E-state index in [0.29, 0.717) is 31.1 Å². The van der Waals surface area contributed by atoms with Gasteiger partial charge in [0, 0.05) is 23.9 Å². The third kappa shape index (κ3) is 4.13. The van der Waals surface area contributed by atoms with Crippen LogP contribution in [0.2, 0.25) is 0 Å². The Morgan fingerprint density at radius 2 is 2.39 bits per heavy atom. The van der Waals surface area contributed by atoms with Crippen molar-refractivity contribution in [3.8, 4) is 5.75 Å². The van der Waals surface area contributed by atoms with Gasteiger partial charge in [-0.3, -0.25) is 0 Å². The van der Waals surface area contributed by atoms with Crippen LogP contribution in [-0.2, 0) is 6.54 Å². The number of carbonyl (C=O) groups excluding carboxylic acids is 1. The zero-order valence-corrected chi connectivity index (χ0v) is 13.6. The van der Waals surface area contributed by atoms with Gasteiger partial charge in [0.1, 0.15) is 17.6 Å². The predicted octanol–water partition coefficient (Wildman–Crippen LogP) is 2.37. The lowest BCUT2D eigenvalue weighted by Gasteiger charge is -2.17. The summed E-state index contributed by atoms with van der Waals surface area (Å²) in [5, 5.41) is 4.89. The molecule has 2 aromatic heterocycles. The second-order valence-corrected chi connectivity index (χ2v) is 6.47. The molecule has 2 amide bonds. The molecule has 1 atom stereocenters. The molecule has 0 saturated carbocycles. The van der Waals surface area contributed by atoms with Crippen LogP contribution in [0.5, 0.6) is 5.75 Å². The largest absolute Gasteiger partial charge is 0.488 e. The van der Waals surface area contributed by atoms with Crippen LogP contribution in [0, 0.1) is 6.92 Å². The van der Waals surface area contributed by atoms with Crippen LogP contribution in [0.25, 0.3) is 0 Å². The first-order valence-electron chi connectivity index (χ1n) is 7.44. The Hall–Kier alpha value is -2.28. The average molecular weight is 334 g/mol. The summed E-state index contributed by atoms with van der Waals surface area (Å²) in [7, 11) is 0. The minimum absolute atomic E-state index is 0.0896. The average Bonchev–Trinajstić information content (AvgIpc) is 3.15. The van der Waals surface area contributed by atoms with Crippen LogP contribution in [-0.4, -0.2) is 30.1 Å². The van der Waals surface area contributed by atoms with Crippen LogP contribution < -0.4 is 15.7 Å². The first-order chi connectivity index (χ1) is 11.1. The minimum atomic E-state index is -0.427. The van der Waals surface area contributed by atoms with Crippen molar-refractivity contribution in [3.63, 3.8) is 0 Å². The molecule has 1 fully saturated rings. The molecule has 0 aliphatic carbocycles. The van der Waals surface area contributed by atoms with Gasteiger partial charge in [-0.1, -0.05) is 6.07 Å². The van der Waals surface area contributed by atoms with Crippen molar-refractivity contribution in [2.75, 3.05) is 13.1 Å². The van der Waals surface area contributed by atoms with Gasteiger partial charge >= 0.3 is 11.7 Å². The zero-order valence-electron chi connectivity index (χ0n) is 12.8. The van der Waals surface area contributed by atoms with Gasteiger partial charge in [0.05, 0.1) is 19.2 Å². The SMILES string of the molecule is Cc1cc(O[C@@H]2CCN(C(=O)NCc3cccs3)C2)cc(=O)o1. The van der Waals surface area contributed by atoms with Gasteiger partial charge < -0.3 is 19.4 Å². The summed E-state index contributed by atoms with van der Waals surface area (Å²) in [6.07, 6.45) is 0.634. The Labute approximate surface area is 137 Å². The molecule has 1 aliphatic heterocycles. The summed E-state index contributed by atoms with van der Waals surface area (Å²) in [6, 6.07) is 6.87. The molecule has 1 saturated heterocycles. The molecule has 7 heteroatoms. The monoisotopic (exact) mass is 334 g/mol. The summed E-state index contributed by atoms with van der Waals surface area (Å²) in [6.45, 7) is 3.39. The van der Waals surface area contributed by atoms with Crippen LogP contribution >= 0.6 is 11.3 Å². The number of hydrogen-bond acceptors (Lipinski definition) is 5. The molecule has 3 rings (SSSR count). The van der Waals surface area contributed by atoms with Crippen molar-refractivity contribution in [2.45, 2.75) is 26.0 Å². The van der Waals surface area contributed by atoms with Gasteiger partial charge in [-0.15, -0.1) is 11.3 Å². The number of thiophene rings is 1. The fourth-order valence-electron chi connectivity index (χ4n) is 2.53. The number of nitrogens with zero attached hydrogens (tertiary/aromatic N) is 1. The molecule has 0 unspecified atom stereocenters. The number of urea groups is 1. The van der Waals surface area contributed by atoms with Crippen molar-refractivity contribution < 1.29 is 13.9 Å². The van der Waals surface area contributed by atoms with Crippen molar-refractivity contribution in [1.29, 1.82) is 0 Å². The van der Waals surface area contributed by atoms with Gasteiger partial charge in [-0.05, 0) is 18.4 Å². The molecular formula is C16H18N2O4S. The molecule has 0 radical (unpaired) electrons. The predicted molar refractivity (Wildman–Crippen MR) is 86.9 cm³/mol. The molecule has 3 heterocycles. The van der Waals surface area contributed by atoms with Crippen molar-refractivity contribution in [3.05, 3.63) is 50.7 Å². The molecule has 122 valence electrons. The second-order valence-electron chi connectivity index (χ2n) is 5.44. The highest BCUT2D eigenvalue weighted by Crippen LogP contribution is 2.18. The number of carbonyl (C=O) groups is 1. The number of nitrogens with one attached hydrogen (secondary N) is 1. The smallest absolute Gasteiger partial charge is 0.339 e. The van der Waals surface area contributed by atoms with Crippen LogP contribution in [0.1, 0.15) is 17.1 Å². The summed E-state index contributed by atoms with van der Waals surface area (Å²) in [5.41, 5.74) is -0.427. The number of aryl methyl sites for hydroxylation is 1. The van der Waals surface area contributed by atoms with E-state index < -0.39 is 5.63 Å². The normalized spacial score (nSPS) is 17.3. The highest BCUT2D eigenvalue weighted by molar-refractivity contribution is 7.09. The van der Waals surface area contributed by atoms with E-state index in [0.717, 1.165) is 11.3 Å². The van der Waals surface area contributed by atoms with E-state index >= 15 is 0 Å². The van der Waals surface area contributed by atoms with Crippen molar-refractivity contribution in [2.24, 2.45) is 0 Å². The van der Waals surface area contributed by atoms with Crippen LogP contribution in [0.3, 0.4) is 0 Å². The van der Waals surface area contributed by atoms with E-state index in [2.05, 4.69) is 5.32 Å². The molecule has 0 bridgehead atoms. The summed E-state index contributed by atoms with van der Waals surface area (Å²) >= 11 is 1.62. The van der Waals surface area contributed by atoms with Gasteiger partial charge in [0.25, 0.3) is 0 Å². The number of amides is 2. The van der Waals surface area contributed by atoms with E-state index in [4.69, 9.17) is 9.15 Å². The van der Waals surface area contributed by atoms with Crippen LogP contribution in [0.15, 0.2) is 38.9 Å². The van der Waals surface area contributed by atoms with Crippen LogP contribution in [0.4, 0.5) is 4.79 Å². The zero-order chi connectivity index (χ0) is 16.2. The lowest BCUT2D eigenvalue weighted by atomic mass is 10.3. The standard InChI is InChI=1S/C16H18N2O4S/c1-11-7-13(8-15(19)21-11)22-12-4-5-18(10-12)16(20)17-9-14-3-2-6-23-14/h2-3,6-8,12H,4-5,9-10H2,1H3,(H,17,20)/t12-/m1/s1. The Kier molecular flexibility index (Phi) is 4.66. The Morgan fingerprint density at radius 3 is 3.13 bits per heavy atom. The number of hydrogen-bond donors (Lipinski definition) is 1. The molecular weight excluding hydrogens is 316 g/mol. The van der Waals surface area contributed by atoms with Gasteiger partial charge in [0.15, 0.2) is 0 Å². The van der Waals surface area contributed by atoms with Crippen molar-refractivity contribution in [1.82, 2.24) is 10.2 Å². The third-order valence-corrected chi connectivity index (χ3v) is 4.47. The molecule has 6 nitrogen and oxygen atoms in total. The lowest BCUT2D eigenvalue weighted by molar-refractivity contribution is 0.185. The molecule has 1 N–H and O–H groups in total. The first kappa shape index (κ1) is 15.6. The first-order valence-corrected chi connectivity index (χ1v) is 8.32. The van der Waals surface area contributed by atoms with E-state index in [9.17, 15) is 9.59 Å². The minimum Gasteiger partial charge on any atom is -0.488 e. The quantitative estimate of drug-likeness (QED) is 0.932. The van der Waals surface area contributed by atoms with Gasteiger partial charge in [-0.2, -0.15) is 0 Å². The van der Waals surface area contributed by atoms with Gasteiger partial charge in [-0.25, -0.2) is 9.59 Å². The fraction of sp³-hybridized carbons (Fsp3) is 0.375. The Balaban J connectivity index is 1.51. The number of ether oxygens (including phenoxy) is 1. The lowest BCUT2D eigenvalue weighted by Crippen LogP contribution is -2.38. The maximum absolute atomic E-state index is 12.1. The Bertz CT molecular complexity index is 726. The van der Waals surface area contributed by atoms with E-state index in [-0.39, 0.29) is 12.1 Å². The molecule has 23 heavy (non-hydrogen) atoms. The van der Waals surface area contributed by atoms with Crippen molar-refractivity contribution >= 4 is 17.4 Å². The fourth-order valence-corrected chi connectivity index (χ4v) is 3.18. The third-order valence-electron chi connectivity index (χ3n) is 3.60. The highest BCUT2D eigenvalue weighted by atomic mass is 32.1. The summed E-state index contributed by atoms with van der Waals surface area (Å²) in [5.74, 6) is 1.00. The Morgan fingerprint density at radius 1 is 1.52 bits per heavy atom. The molecule has 1 aliphatic rings. The maximum atomic E-state index is 12.1. The van der Waals surface area contributed by atoms with Gasteiger partial charge in [0.2, 0.25) is 0 Å². The second kappa shape index (κ2) is 6.87. The number of rotatable bonds is 4.